The van der Waals surface area contributed by atoms with E-state index in [4.69, 9.17) is 9.47 Å². The first kappa shape index (κ1) is 27.5. The summed E-state index contributed by atoms with van der Waals surface area (Å²) in [5.41, 5.74) is 3.38. The van der Waals surface area contributed by atoms with Gasteiger partial charge in [0.15, 0.2) is 0 Å². The van der Waals surface area contributed by atoms with E-state index in [1.54, 1.807) is 24.3 Å². The van der Waals surface area contributed by atoms with Gasteiger partial charge in [-0.1, -0.05) is 103 Å². The quantitative estimate of drug-likeness (QED) is 0.207. The molecule has 1 fully saturated rings. The van der Waals surface area contributed by atoms with Crippen LogP contribution in [0.3, 0.4) is 0 Å². The summed E-state index contributed by atoms with van der Waals surface area (Å²) in [6, 6.07) is 33.4. The van der Waals surface area contributed by atoms with E-state index in [9.17, 15) is 19.2 Å². The molecule has 5 rings (SSSR count). The number of carbonyl (C=O) groups excluding carboxylic acids is 4. The molecule has 0 aliphatic carbocycles. The van der Waals surface area contributed by atoms with Gasteiger partial charge in [0.25, 0.3) is 0 Å². The first-order valence-corrected chi connectivity index (χ1v) is 13.4. The van der Waals surface area contributed by atoms with Crippen molar-refractivity contribution in [3.8, 4) is 0 Å². The Kier molecular flexibility index (Phi) is 8.64. The summed E-state index contributed by atoms with van der Waals surface area (Å²) in [6.07, 6.45) is 0.156. The summed E-state index contributed by atoms with van der Waals surface area (Å²) >= 11 is 0. The summed E-state index contributed by atoms with van der Waals surface area (Å²) in [6.45, 7) is 0.165. The van der Waals surface area contributed by atoms with Crippen molar-refractivity contribution >= 4 is 23.8 Å². The van der Waals surface area contributed by atoms with Crippen LogP contribution in [-0.4, -0.2) is 34.7 Å². The third-order valence-corrected chi connectivity index (χ3v) is 6.98. The molecule has 0 N–H and O–H groups in total. The molecule has 1 aliphatic rings. The second-order valence-electron chi connectivity index (χ2n) is 9.88. The topological polar surface area (TPSA) is 90.0 Å². The van der Waals surface area contributed by atoms with E-state index in [2.05, 4.69) is 0 Å². The Hall–Kier alpha value is -5.04. The second-order valence-corrected chi connectivity index (χ2v) is 9.88. The predicted octanol–water partition coefficient (Wildman–Crippen LogP) is 4.93. The summed E-state index contributed by atoms with van der Waals surface area (Å²) in [7, 11) is 0. The van der Waals surface area contributed by atoms with Crippen LogP contribution in [0.25, 0.3) is 0 Å². The number of β-lactam (4-membered cyclic amide) rings is 1. The average Bonchev–Trinajstić information content (AvgIpc) is 3.01. The van der Waals surface area contributed by atoms with Gasteiger partial charge in [0.05, 0.1) is 17.9 Å². The summed E-state index contributed by atoms with van der Waals surface area (Å²) in [4.78, 5) is 53.4. The lowest BCUT2D eigenvalue weighted by Crippen LogP contribution is -2.67. The molecule has 2 atom stereocenters. The highest BCUT2D eigenvalue weighted by atomic mass is 16.5. The second kappa shape index (κ2) is 12.9. The van der Waals surface area contributed by atoms with Gasteiger partial charge in [-0.15, -0.1) is 0 Å². The van der Waals surface area contributed by atoms with Gasteiger partial charge < -0.3 is 9.47 Å². The molecule has 0 unspecified atom stereocenters. The van der Waals surface area contributed by atoms with Crippen LogP contribution < -0.4 is 0 Å². The fourth-order valence-corrected chi connectivity index (χ4v) is 4.85. The first-order valence-electron chi connectivity index (χ1n) is 13.4. The first-order chi connectivity index (χ1) is 20.0. The van der Waals surface area contributed by atoms with Crippen molar-refractivity contribution < 1.29 is 28.7 Å². The zero-order valence-corrected chi connectivity index (χ0v) is 22.3. The maximum Gasteiger partial charge on any atom is 0.338 e. The molecule has 0 bridgehead atoms. The van der Waals surface area contributed by atoms with Crippen molar-refractivity contribution in [2.24, 2.45) is 5.92 Å². The summed E-state index contributed by atoms with van der Waals surface area (Å²) < 4.78 is 11.0. The molecule has 1 aliphatic heterocycles. The van der Waals surface area contributed by atoms with E-state index in [1.165, 1.54) is 0 Å². The third-order valence-electron chi connectivity index (χ3n) is 6.98. The van der Waals surface area contributed by atoms with Crippen LogP contribution in [-0.2, 0) is 49.9 Å². The molecule has 7 nitrogen and oxygen atoms in total. The van der Waals surface area contributed by atoms with Crippen LogP contribution in [0.5, 0.6) is 0 Å². The number of rotatable bonds is 10. The fraction of sp³-hybridized carbons (Fsp3) is 0.176. The van der Waals surface area contributed by atoms with E-state index < -0.39 is 35.7 Å². The number of hydrogen-bond donors (Lipinski definition) is 0. The van der Waals surface area contributed by atoms with Gasteiger partial charge in [0, 0.05) is 0 Å². The Morgan fingerprint density at radius 2 is 1.17 bits per heavy atom. The van der Waals surface area contributed by atoms with Crippen LogP contribution in [0.2, 0.25) is 0 Å². The molecule has 0 spiro atoms. The minimum Gasteiger partial charge on any atom is -0.459 e. The highest BCUT2D eigenvalue weighted by Crippen LogP contribution is 2.32. The highest BCUT2D eigenvalue weighted by molar-refractivity contribution is 6.08. The van der Waals surface area contributed by atoms with E-state index in [0.717, 1.165) is 21.6 Å². The van der Waals surface area contributed by atoms with Crippen LogP contribution in [0.1, 0.15) is 32.6 Å². The van der Waals surface area contributed by atoms with Crippen LogP contribution in [0, 0.1) is 5.92 Å². The maximum atomic E-state index is 13.4. The SMILES string of the molecule is O=C(OCc1ccccc1)c1cccc(CC(=O)N2C(=O)[C@H](Cc3ccccc3)[C@@H]2C(=O)OCc2ccccc2)c1. The molecule has 7 heteroatoms. The van der Waals surface area contributed by atoms with E-state index in [1.807, 2.05) is 91.0 Å². The van der Waals surface area contributed by atoms with Gasteiger partial charge in [-0.25, -0.2) is 9.59 Å². The van der Waals surface area contributed by atoms with Gasteiger partial charge in [-0.3, -0.25) is 14.5 Å². The van der Waals surface area contributed by atoms with Gasteiger partial charge >= 0.3 is 11.9 Å². The lowest BCUT2D eigenvalue weighted by Gasteiger charge is -2.44. The number of hydrogen-bond acceptors (Lipinski definition) is 6. The van der Waals surface area contributed by atoms with Crippen molar-refractivity contribution in [3.05, 3.63) is 143 Å². The number of nitrogens with zero attached hydrogens (tertiary/aromatic N) is 1. The Morgan fingerprint density at radius 1 is 0.634 bits per heavy atom. The Labute approximate surface area is 238 Å². The predicted molar refractivity (Wildman–Crippen MR) is 151 cm³/mol. The van der Waals surface area contributed by atoms with E-state index in [0.29, 0.717) is 17.5 Å². The van der Waals surface area contributed by atoms with Gasteiger partial charge in [0.2, 0.25) is 11.8 Å². The summed E-state index contributed by atoms with van der Waals surface area (Å²) in [5, 5.41) is 0. The molecule has 41 heavy (non-hydrogen) atoms. The molecule has 1 saturated heterocycles. The largest absolute Gasteiger partial charge is 0.459 e. The molecule has 0 radical (unpaired) electrons. The van der Waals surface area contributed by atoms with Crippen molar-refractivity contribution in [1.29, 1.82) is 0 Å². The van der Waals surface area contributed by atoms with Gasteiger partial charge in [0.1, 0.15) is 19.3 Å². The zero-order chi connectivity index (χ0) is 28.6. The average molecular weight is 548 g/mol. The lowest BCUT2D eigenvalue weighted by molar-refractivity contribution is -0.180. The molecule has 4 aromatic carbocycles. The van der Waals surface area contributed by atoms with Crippen molar-refractivity contribution in [3.63, 3.8) is 0 Å². The number of amides is 2. The van der Waals surface area contributed by atoms with E-state index in [-0.39, 0.29) is 19.6 Å². The fourth-order valence-electron chi connectivity index (χ4n) is 4.85. The summed E-state index contributed by atoms with van der Waals surface area (Å²) in [5.74, 6) is -2.80. The minimum atomic E-state index is -1.03. The Balaban J connectivity index is 1.27. The Morgan fingerprint density at radius 3 is 1.78 bits per heavy atom. The molecular formula is C34H29NO6. The lowest BCUT2D eigenvalue weighted by atomic mass is 9.81. The van der Waals surface area contributed by atoms with E-state index >= 15 is 0 Å². The maximum absolute atomic E-state index is 13.4. The van der Waals surface area contributed by atoms with Crippen molar-refractivity contribution in [2.75, 3.05) is 0 Å². The van der Waals surface area contributed by atoms with Crippen LogP contribution in [0.4, 0.5) is 0 Å². The van der Waals surface area contributed by atoms with Gasteiger partial charge in [-0.2, -0.15) is 0 Å². The van der Waals surface area contributed by atoms with Crippen molar-refractivity contribution in [1.82, 2.24) is 4.90 Å². The molecule has 206 valence electrons. The number of imide groups is 1. The molecule has 0 aromatic heterocycles. The minimum absolute atomic E-state index is 0.0393. The van der Waals surface area contributed by atoms with Gasteiger partial charge in [-0.05, 0) is 40.8 Å². The standard InChI is InChI=1S/C34H29NO6/c36-30(21-27-17-10-18-28(19-27)33(38)40-22-25-13-6-2-7-14-25)35-31(34(39)41-23-26-15-8-3-9-16-26)29(32(35)37)20-24-11-4-1-5-12-24/h1-19,29,31H,20-23H2/t29-,31-/m1/s1. The third kappa shape index (κ3) is 6.76. The van der Waals surface area contributed by atoms with Crippen molar-refractivity contribution in [2.45, 2.75) is 32.1 Å². The highest BCUT2D eigenvalue weighted by Gasteiger charge is 2.54. The molecular weight excluding hydrogens is 518 g/mol. The molecule has 0 saturated carbocycles. The molecule has 2 amide bonds. The smallest absolute Gasteiger partial charge is 0.338 e. The van der Waals surface area contributed by atoms with Crippen LogP contribution >= 0.6 is 0 Å². The normalized spacial score (nSPS) is 16.0. The number of ether oxygens (including phenoxy) is 2. The number of carbonyl (C=O) groups is 4. The molecule has 4 aromatic rings. The van der Waals surface area contributed by atoms with Crippen LogP contribution in [0.15, 0.2) is 115 Å². The monoisotopic (exact) mass is 547 g/mol. The number of esters is 2. The number of benzene rings is 4. The molecule has 1 heterocycles. The Bertz CT molecular complexity index is 1520. The number of likely N-dealkylation sites (tertiary alicyclic amines) is 1. The zero-order valence-electron chi connectivity index (χ0n) is 22.3.